The number of phenolic OH excluding ortho intramolecular Hbond substituents is 1. The molecule has 0 aromatic heterocycles. The third-order valence-electron chi connectivity index (χ3n) is 4.29. The van der Waals surface area contributed by atoms with Gasteiger partial charge in [-0.3, -0.25) is 4.79 Å². The number of fused-ring (bicyclic) bond motifs is 1. The number of anilines is 1. The van der Waals surface area contributed by atoms with E-state index in [2.05, 4.69) is 5.32 Å². The summed E-state index contributed by atoms with van der Waals surface area (Å²) in [6.45, 7) is 0. The zero-order valence-corrected chi connectivity index (χ0v) is 15.5. The van der Waals surface area contributed by atoms with Gasteiger partial charge in [0, 0.05) is 5.69 Å². The maximum Gasteiger partial charge on any atom is 0.259 e. The maximum atomic E-state index is 12.3. The molecule has 0 atom stereocenters. The number of ether oxygens (including phenoxy) is 1. The van der Waals surface area contributed by atoms with Crippen molar-refractivity contribution in [2.75, 3.05) is 5.32 Å². The first-order valence-electron chi connectivity index (χ1n) is 8.66. The number of phenols is 1. The van der Waals surface area contributed by atoms with Crippen LogP contribution in [0.2, 0.25) is 5.02 Å². The minimum absolute atomic E-state index is 0.0812. The number of amides is 1. The van der Waals surface area contributed by atoms with E-state index in [1.807, 2.05) is 42.5 Å². The van der Waals surface area contributed by atoms with E-state index < -0.39 is 5.91 Å². The molecule has 0 aliphatic carbocycles. The lowest BCUT2D eigenvalue weighted by Gasteiger charge is -2.11. The standard InChI is InChI=1S/C23H16ClNO3/c24-20-14-17(25-23(27)19-7-3-4-8-21(19)26)10-12-22(20)28-18-11-9-15-5-1-2-6-16(15)13-18/h1-14,26H,(H,25,27). The van der Waals surface area contributed by atoms with Gasteiger partial charge in [0.25, 0.3) is 5.91 Å². The molecule has 1 amide bonds. The Morgan fingerprint density at radius 3 is 2.39 bits per heavy atom. The van der Waals surface area contributed by atoms with E-state index in [-0.39, 0.29) is 11.3 Å². The van der Waals surface area contributed by atoms with Crippen LogP contribution >= 0.6 is 11.6 Å². The first-order valence-corrected chi connectivity index (χ1v) is 9.03. The molecule has 28 heavy (non-hydrogen) atoms. The fraction of sp³-hybridized carbons (Fsp3) is 0. The predicted octanol–water partition coefficient (Wildman–Crippen LogP) is 6.24. The van der Waals surface area contributed by atoms with Gasteiger partial charge in [0.15, 0.2) is 0 Å². The molecule has 4 nitrogen and oxygen atoms in total. The topological polar surface area (TPSA) is 58.6 Å². The van der Waals surface area contributed by atoms with Crippen molar-refractivity contribution in [3.63, 3.8) is 0 Å². The molecule has 138 valence electrons. The molecule has 0 bridgehead atoms. The fourth-order valence-electron chi connectivity index (χ4n) is 2.88. The number of halogens is 1. The minimum Gasteiger partial charge on any atom is -0.507 e. The van der Waals surface area contributed by atoms with Crippen LogP contribution in [0.3, 0.4) is 0 Å². The largest absolute Gasteiger partial charge is 0.507 e. The number of hydrogen-bond acceptors (Lipinski definition) is 3. The Morgan fingerprint density at radius 1 is 0.857 bits per heavy atom. The molecule has 4 rings (SSSR count). The molecule has 0 spiro atoms. The fourth-order valence-corrected chi connectivity index (χ4v) is 3.10. The molecular formula is C23H16ClNO3. The highest BCUT2D eigenvalue weighted by Crippen LogP contribution is 2.33. The van der Waals surface area contributed by atoms with E-state index in [4.69, 9.17) is 16.3 Å². The van der Waals surface area contributed by atoms with Crippen LogP contribution in [-0.2, 0) is 0 Å². The highest BCUT2D eigenvalue weighted by Gasteiger charge is 2.12. The highest BCUT2D eigenvalue weighted by atomic mass is 35.5. The molecule has 0 radical (unpaired) electrons. The summed E-state index contributed by atoms with van der Waals surface area (Å²) >= 11 is 6.33. The molecule has 0 aliphatic heterocycles. The number of nitrogens with one attached hydrogen (secondary N) is 1. The smallest absolute Gasteiger partial charge is 0.259 e. The SMILES string of the molecule is O=C(Nc1ccc(Oc2ccc3ccccc3c2)c(Cl)c1)c1ccccc1O. The van der Waals surface area contributed by atoms with Gasteiger partial charge in [-0.25, -0.2) is 0 Å². The van der Waals surface area contributed by atoms with E-state index in [9.17, 15) is 9.90 Å². The van der Waals surface area contributed by atoms with Crippen molar-refractivity contribution >= 4 is 34.0 Å². The number of benzene rings is 4. The zero-order chi connectivity index (χ0) is 19.5. The summed E-state index contributed by atoms with van der Waals surface area (Å²) < 4.78 is 5.90. The van der Waals surface area contributed by atoms with Gasteiger partial charge in [-0.05, 0) is 53.2 Å². The second-order valence-electron chi connectivity index (χ2n) is 6.23. The summed E-state index contributed by atoms with van der Waals surface area (Å²) in [5.41, 5.74) is 0.694. The van der Waals surface area contributed by atoms with Crippen LogP contribution in [0.25, 0.3) is 10.8 Å². The molecule has 0 fully saturated rings. The predicted molar refractivity (Wildman–Crippen MR) is 112 cm³/mol. The second-order valence-corrected chi connectivity index (χ2v) is 6.63. The first-order chi connectivity index (χ1) is 13.6. The van der Waals surface area contributed by atoms with Crippen molar-refractivity contribution in [1.29, 1.82) is 0 Å². The Hall–Kier alpha value is -3.50. The van der Waals surface area contributed by atoms with Gasteiger partial charge in [-0.1, -0.05) is 54.1 Å². The third kappa shape index (κ3) is 3.77. The summed E-state index contributed by atoms with van der Waals surface area (Å²) in [4.78, 5) is 12.3. The second kappa shape index (κ2) is 7.62. The van der Waals surface area contributed by atoms with E-state index in [0.29, 0.717) is 22.2 Å². The molecule has 0 heterocycles. The van der Waals surface area contributed by atoms with Crippen molar-refractivity contribution < 1.29 is 14.6 Å². The molecule has 4 aromatic rings. The Morgan fingerprint density at radius 2 is 1.61 bits per heavy atom. The van der Waals surface area contributed by atoms with E-state index >= 15 is 0 Å². The van der Waals surface area contributed by atoms with Gasteiger partial charge in [0.05, 0.1) is 10.6 Å². The zero-order valence-electron chi connectivity index (χ0n) is 14.7. The van der Waals surface area contributed by atoms with Crippen LogP contribution in [0.15, 0.2) is 84.9 Å². The maximum absolute atomic E-state index is 12.3. The van der Waals surface area contributed by atoms with Gasteiger partial charge < -0.3 is 15.2 Å². The summed E-state index contributed by atoms with van der Waals surface area (Å²) in [5.74, 6) is 0.656. The normalized spacial score (nSPS) is 10.6. The Bertz CT molecular complexity index is 1170. The summed E-state index contributed by atoms with van der Waals surface area (Å²) in [6, 6.07) is 25.2. The Labute approximate surface area is 167 Å². The highest BCUT2D eigenvalue weighted by molar-refractivity contribution is 6.32. The number of carbonyl (C=O) groups excluding carboxylic acids is 1. The summed E-state index contributed by atoms with van der Waals surface area (Å²) in [5, 5.41) is 15.1. The van der Waals surface area contributed by atoms with Crippen molar-refractivity contribution in [3.05, 3.63) is 95.5 Å². The molecule has 2 N–H and O–H groups in total. The number of para-hydroxylation sites is 1. The first kappa shape index (κ1) is 17.9. The van der Waals surface area contributed by atoms with Crippen molar-refractivity contribution in [1.82, 2.24) is 0 Å². The summed E-state index contributed by atoms with van der Waals surface area (Å²) in [6.07, 6.45) is 0. The minimum atomic E-state index is -0.419. The lowest BCUT2D eigenvalue weighted by Crippen LogP contribution is -2.11. The lowest BCUT2D eigenvalue weighted by molar-refractivity contribution is 0.102. The van der Waals surface area contributed by atoms with Gasteiger partial charge in [-0.2, -0.15) is 0 Å². The Kier molecular flexibility index (Phi) is 4.87. The van der Waals surface area contributed by atoms with Gasteiger partial charge in [0.1, 0.15) is 17.2 Å². The lowest BCUT2D eigenvalue weighted by atomic mass is 10.1. The van der Waals surface area contributed by atoms with Crippen molar-refractivity contribution in [2.45, 2.75) is 0 Å². The van der Waals surface area contributed by atoms with Gasteiger partial charge in [-0.15, -0.1) is 0 Å². The van der Waals surface area contributed by atoms with E-state index in [1.54, 1.807) is 36.4 Å². The molecule has 0 aliphatic rings. The van der Waals surface area contributed by atoms with Crippen LogP contribution in [0.4, 0.5) is 5.69 Å². The van der Waals surface area contributed by atoms with E-state index in [0.717, 1.165) is 10.8 Å². The Balaban J connectivity index is 1.52. The van der Waals surface area contributed by atoms with Gasteiger partial charge in [0.2, 0.25) is 0 Å². The van der Waals surface area contributed by atoms with E-state index in [1.165, 1.54) is 6.07 Å². The average molecular weight is 390 g/mol. The summed E-state index contributed by atoms with van der Waals surface area (Å²) in [7, 11) is 0. The van der Waals surface area contributed by atoms with Crippen molar-refractivity contribution in [2.24, 2.45) is 0 Å². The van der Waals surface area contributed by atoms with Crippen LogP contribution < -0.4 is 10.1 Å². The molecule has 0 unspecified atom stereocenters. The monoisotopic (exact) mass is 389 g/mol. The van der Waals surface area contributed by atoms with Crippen LogP contribution in [0.1, 0.15) is 10.4 Å². The third-order valence-corrected chi connectivity index (χ3v) is 4.58. The van der Waals surface area contributed by atoms with Gasteiger partial charge >= 0.3 is 0 Å². The van der Waals surface area contributed by atoms with Crippen LogP contribution in [0, 0.1) is 0 Å². The number of rotatable bonds is 4. The number of hydrogen-bond donors (Lipinski definition) is 2. The number of carbonyl (C=O) groups is 1. The number of aromatic hydroxyl groups is 1. The quantitative estimate of drug-likeness (QED) is 0.434. The van der Waals surface area contributed by atoms with Crippen molar-refractivity contribution in [3.8, 4) is 17.2 Å². The molecular weight excluding hydrogens is 374 g/mol. The van der Waals surface area contributed by atoms with Crippen LogP contribution in [-0.4, -0.2) is 11.0 Å². The molecule has 4 aromatic carbocycles. The molecule has 5 heteroatoms. The van der Waals surface area contributed by atoms with Crippen LogP contribution in [0.5, 0.6) is 17.2 Å². The average Bonchev–Trinajstić information content (AvgIpc) is 2.70. The molecule has 0 saturated carbocycles. The molecule has 0 saturated heterocycles.